The highest BCUT2D eigenvalue weighted by Gasteiger charge is 2.37. The molecule has 1 aliphatic rings. The molecule has 9 heteroatoms. The summed E-state index contributed by atoms with van der Waals surface area (Å²) < 4.78 is 46.6. The number of pyridine rings is 1. The van der Waals surface area contributed by atoms with Crippen LogP contribution in [0.25, 0.3) is 22.9 Å². The molecule has 0 unspecified atom stereocenters. The highest BCUT2D eigenvalue weighted by atomic mass is 19.4. The third-order valence-electron chi connectivity index (χ3n) is 3.80. The van der Waals surface area contributed by atoms with Gasteiger partial charge in [-0.2, -0.15) is 22.8 Å². The Labute approximate surface area is 139 Å². The SMILES string of the molecule is CCN1C=CO/C1=C/C=c1\c(C(F)(F)F)nn2c1nc1cccnc12. The molecule has 0 atom stereocenters. The molecule has 0 spiro atoms. The average Bonchev–Trinajstić information content (AvgIpc) is 3.25. The third-order valence-corrected chi connectivity index (χ3v) is 3.80. The molecule has 0 saturated heterocycles. The van der Waals surface area contributed by atoms with Gasteiger partial charge in [0.2, 0.25) is 0 Å². The van der Waals surface area contributed by atoms with Gasteiger partial charge in [0.15, 0.2) is 22.9 Å². The van der Waals surface area contributed by atoms with Crippen molar-refractivity contribution < 1.29 is 17.9 Å². The number of nitrogens with zero attached hydrogens (tertiary/aromatic N) is 5. The van der Waals surface area contributed by atoms with Crippen LogP contribution in [-0.4, -0.2) is 31.0 Å². The van der Waals surface area contributed by atoms with Crippen molar-refractivity contribution in [3.63, 3.8) is 0 Å². The Hall–Kier alpha value is -3.10. The van der Waals surface area contributed by atoms with Crippen LogP contribution in [0.4, 0.5) is 13.2 Å². The van der Waals surface area contributed by atoms with E-state index in [4.69, 9.17) is 4.74 Å². The van der Waals surface area contributed by atoms with Crippen LogP contribution in [0.1, 0.15) is 12.6 Å². The number of fused-ring (bicyclic) bond motifs is 3. The molecule has 4 rings (SSSR count). The molecule has 1 aliphatic heterocycles. The van der Waals surface area contributed by atoms with Gasteiger partial charge in [-0.3, -0.25) is 0 Å². The predicted molar refractivity (Wildman–Crippen MR) is 83.7 cm³/mol. The average molecular weight is 347 g/mol. The molecule has 0 aliphatic carbocycles. The van der Waals surface area contributed by atoms with Crippen molar-refractivity contribution in [2.75, 3.05) is 6.54 Å². The first-order chi connectivity index (χ1) is 12.0. The summed E-state index contributed by atoms with van der Waals surface area (Å²) in [6, 6.07) is 3.34. The summed E-state index contributed by atoms with van der Waals surface area (Å²) in [6.45, 7) is 2.54. The first-order valence-electron chi connectivity index (χ1n) is 7.51. The number of hydrogen-bond donors (Lipinski definition) is 0. The second kappa shape index (κ2) is 5.47. The van der Waals surface area contributed by atoms with E-state index in [1.807, 2.05) is 6.92 Å². The monoisotopic (exact) mass is 347 g/mol. The molecular formula is C16H12F3N5O. The number of rotatable bonds is 2. The minimum atomic E-state index is -4.61. The molecule has 0 saturated carbocycles. The molecule has 0 amide bonds. The Morgan fingerprint density at radius 2 is 2.08 bits per heavy atom. The highest BCUT2D eigenvalue weighted by molar-refractivity contribution is 5.77. The summed E-state index contributed by atoms with van der Waals surface area (Å²) in [5.41, 5.74) is -0.139. The molecule has 0 fully saturated rings. The molecule has 0 radical (unpaired) electrons. The lowest BCUT2D eigenvalue weighted by molar-refractivity contribution is -0.142. The number of halogens is 3. The molecule has 0 N–H and O–H groups in total. The van der Waals surface area contributed by atoms with Gasteiger partial charge in [0.1, 0.15) is 11.8 Å². The number of ether oxygens (including phenoxy) is 1. The third kappa shape index (κ3) is 2.48. The van der Waals surface area contributed by atoms with Crippen LogP contribution in [0.15, 0.2) is 42.8 Å². The normalized spacial score (nSPS) is 17.4. The van der Waals surface area contributed by atoms with E-state index in [0.29, 0.717) is 17.9 Å². The number of alkyl halides is 3. The Bertz CT molecular complexity index is 1070. The van der Waals surface area contributed by atoms with E-state index in [9.17, 15) is 13.2 Å². The second-order valence-corrected chi connectivity index (χ2v) is 5.31. The Balaban J connectivity index is 1.97. The van der Waals surface area contributed by atoms with E-state index < -0.39 is 11.9 Å². The minimum Gasteiger partial charge on any atom is -0.447 e. The van der Waals surface area contributed by atoms with Crippen LogP contribution in [-0.2, 0) is 10.9 Å². The van der Waals surface area contributed by atoms with Crippen LogP contribution in [0.3, 0.4) is 0 Å². The topological polar surface area (TPSA) is 55.5 Å². The zero-order valence-electron chi connectivity index (χ0n) is 13.0. The zero-order chi connectivity index (χ0) is 17.6. The molecule has 3 aromatic heterocycles. The van der Waals surface area contributed by atoms with E-state index in [2.05, 4.69) is 15.1 Å². The van der Waals surface area contributed by atoms with Crippen molar-refractivity contribution in [3.8, 4) is 0 Å². The van der Waals surface area contributed by atoms with Crippen LogP contribution >= 0.6 is 0 Å². The molecule has 3 aromatic rings. The van der Waals surface area contributed by atoms with Crippen LogP contribution in [0.5, 0.6) is 0 Å². The molecular weight excluding hydrogens is 335 g/mol. The Morgan fingerprint density at radius 1 is 1.24 bits per heavy atom. The first kappa shape index (κ1) is 15.4. The standard InChI is InChI=1S/C16H12F3N5O/c1-2-23-8-9-25-12(23)6-5-10-13(16(17,18)19)22-24-14(10)21-11-4-3-7-20-15(11)24/h3-9H,2H2,1H3/b10-5+,12-6+. The van der Waals surface area contributed by atoms with E-state index in [0.717, 1.165) is 4.52 Å². The summed E-state index contributed by atoms with van der Waals surface area (Å²) >= 11 is 0. The fourth-order valence-electron chi connectivity index (χ4n) is 2.66. The predicted octanol–water partition coefficient (Wildman–Crippen LogP) is 2.46. The second-order valence-electron chi connectivity index (χ2n) is 5.31. The Morgan fingerprint density at radius 3 is 2.84 bits per heavy atom. The largest absolute Gasteiger partial charge is 0.447 e. The number of hydrogen-bond acceptors (Lipinski definition) is 5. The fourth-order valence-corrected chi connectivity index (χ4v) is 2.66. The summed E-state index contributed by atoms with van der Waals surface area (Å²) in [5, 5.41) is 3.57. The van der Waals surface area contributed by atoms with Crippen molar-refractivity contribution in [1.82, 2.24) is 24.5 Å². The van der Waals surface area contributed by atoms with Crippen molar-refractivity contribution in [2.24, 2.45) is 0 Å². The summed E-state index contributed by atoms with van der Waals surface area (Å²) in [6.07, 6.45) is 2.86. The van der Waals surface area contributed by atoms with Gasteiger partial charge in [-0.1, -0.05) is 0 Å². The van der Waals surface area contributed by atoms with Gasteiger partial charge in [-0.25, -0.2) is 9.97 Å². The van der Waals surface area contributed by atoms with E-state index in [1.165, 1.54) is 24.6 Å². The van der Waals surface area contributed by atoms with Crippen molar-refractivity contribution in [2.45, 2.75) is 13.1 Å². The van der Waals surface area contributed by atoms with E-state index in [1.54, 1.807) is 23.2 Å². The maximum atomic E-state index is 13.4. The minimum absolute atomic E-state index is 0.104. The lowest BCUT2D eigenvalue weighted by Crippen LogP contribution is -2.18. The van der Waals surface area contributed by atoms with Crippen molar-refractivity contribution >= 4 is 22.9 Å². The van der Waals surface area contributed by atoms with E-state index >= 15 is 0 Å². The number of imidazole rings is 1. The van der Waals surface area contributed by atoms with Gasteiger partial charge in [-0.05, 0) is 31.2 Å². The van der Waals surface area contributed by atoms with Crippen LogP contribution < -0.4 is 5.22 Å². The summed E-state index contributed by atoms with van der Waals surface area (Å²) in [7, 11) is 0. The number of allylic oxidation sites excluding steroid dienone is 1. The van der Waals surface area contributed by atoms with Crippen LogP contribution in [0.2, 0.25) is 0 Å². The molecule has 6 nitrogen and oxygen atoms in total. The molecule has 0 aromatic carbocycles. The van der Waals surface area contributed by atoms with Gasteiger partial charge in [0.05, 0.1) is 5.22 Å². The maximum absolute atomic E-state index is 13.4. The maximum Gasteiger partial charge on any atom is 0.435 e. The quantitative estimate of drug-likeness (QED) is 0.713. The van der Waals surface area contributed by atoms with Crippen molar-refractivity contribution in [3.05, 3.63) is 53.7 Å². The van der Waals surface area contributed by atoms with Gasteiger partial charge in [0.25, 0.3) is 0 Å². The Kier molecular flexibility index (Phi) is 3.38. The molecule has 128 valence electrons. The molecule has 4 heterocycles. The first-order valence-corrected chi connectivity index (χ1v) is 7.51. The fraction of sp³-hybridized carbons (Fsp3) is 0.188. The van der Waals surface area contributed by atoms with E-state index in [-0.39, 0.29) is 16.5 Å². The van der Waals surface area contributed by atoms with Gasteiger partial charge < -0.3 is 9.64 Å². The van der Waals surface area contributed by atoms with Crippen molar-refractivity contribution in [1.29, 1.82) is 0 Å². The molecule has 25 heavy (non-hydrogen) atoms. The smallest absolute Gasteiger partial charge is 0.435 e. The van der Waals surface area contributed by atoms with Gasteiger partial charge in [-0.15, -0.1) is 0 Å². The summed E-state index contributed by atoms with van der Waals surface area (Å²) in [5.74, 6) is 0.434. The lowest BCUT2D eigenvalue weighted by atomic mass is 10.3. The number of aromatic nitrogens is 4. The lowest BCUT2D eigenvalue weighted by Gasteiger charge is -2.12. The van der Waals surface area contributed by atoms with Gasteiger partial charge >= 0.3 is 6.18 Å². The van der Waals surface area contributed by atoms with Gasteiger partial charge in [0, 0.05) is 18.9 Å². The molecule has 0 bridgehead atoms. The van der Waals surface area contributed by atoms with Crippen LogP contribution in [0, 0.1) is 0 Å². The zero-order valence-corrected chi connectivity index (χ0v) is 13.0. The summed E-state index contributed by atoms with van der Waals surface area (Å²) in [4.78, 5) is 10.1. The highest BCUT2D eigenvalue weighted by Crippen LogP contribution is 2.27.